The average Bonchev–Trinajstić information content (AvgIpc) is 2.86. The van der Waals surface area contributed by atoms with Gasteiger partial charge in [0.15, 0.2) is 0 Å². The summed E-state index contributed by atoms with van der Waals surface area (Å²) in [4.78, 5) is 5.04. The van der Waals surface area contributed by atoms with Crippen molar-refractivity contribution in [1.29, 1.82) is 0 Å². The number of β-amino-alcohol motifs (C(OH)–C–C–N with tert-alkyl or cyclic N) is 1. The summed E-state index contributed by atoms with van der Waals surface area (Å²) in [6.45, 7) is 7.52. The van der Waals surface area contributed by atoms with Gasteiger partial charge in [-0.2, -0.15) is 0 Å². The number of fused-ring (bicyclic) bond motifs is 1. The number of rotatable bonds is 3. The van der Waals surface area contributed by atoms with Crippen molar-refractivity contribution in [3.63, 3.8) is 0 Å². The van der Waals surface area contributed by atoms with Crippen LogP contribution in [-0.4, -0.2) is 53.7 Å². The highest BCUT2D eigenvalue weighted by Crippen LogP contribution is 2.23. The first-order valence-corrected chi connectivity index (χ1v) is 7.43. The van der Waals surface area contributed by atoms with Crippen LogP contribution in [0, 0.1) is 6.92 Å². The Kier molecular flexibility index (Phi) is 3.87. The maximum absolute atomic E-state index is 10.4. The van der Waals surface area contributed by atoms with Gasteiger partial charge in [-0.05, 0) is 31.9 Å². The van der Waals surface area contributed by atoms with E-state index in [-0.39, 0.29) is 6.10 Å². The van der Waals surface area contributed by atoms with E-state index < -0.39 is 0 Å². The molecule has 2 unspecified atom stereocenters. The third-order valence-corrected chi connectivity index (χ3v) is 4.53. The zero-order valence-corrected chi connectivity index (χ0v) is 11.8. The molecule has 19 heavy (non-hydrogen) atoms. The van der Waals surface area contributed by atoms with Crippen LogP contribution >= 0.6 is 0 Å². The van der Waals surface area contributed by atoms with Gasteiger partial charge in [0, 0.05) is 32.2 Å². The highest BCUT2D eigenvalue weighted by Gasteiger charge is 2.31. The van der Waals surface area contributed by atoms with Crippen LogP contribution in [0.15, 0.2) is 24.3 Å². The van der Waals surface area contributed by atoms with Gasteiger partial charge in [-0.25, -0.2) is 0 Å². The normalized spacial score (nSPS) is 26.3. The number of aliphatic hydroxyl groups excluding tert-OH is 1. The topological polar surface area (TPSA) is 26.7 Å². The summed E-state index contributed by atoms with van der Waals surface area (Å²) in [6, 6.07) is 8.97. The van der Waals surface area contributed by atoms with Crippen LogP contribution in [0.5, 0.6) is 0 Å². The van der Waals surface area contributed by atoms with Gasteiger partial charge >= 0.3 is 0 Å². The lowest BCUT2D eigenvalue weighted by molar-refractivity contribution is 0.0566. The van der Waals surface area contributed by atoms with Gasteiger partial charge in [0.2, 0.25) is 0 Å². The van der Waals surface area contributed by atoms with Crippen LogP contribution in [0.2, 0.25) is 0 Å². The molecule has 2 heterocycles. The molecule has 104 valence electrons. The molecule has 3 nitrogen and oxygen atoms in total. The van der Waals surface area contributed by atoms with E-state index in [9.17, 15) is 5.11 Å². The Bertz CT molecular complexity index is 435. The van der Waals surface area contributed by atoms with Crippen molar-refractivity contribution in [3.8, 4) is 0 Å². The van der Waals surface area contributed by atoms with E-state index in [4.69, 9.17) is 0 Å². The van der Waals surface area contributed by atoms with E-state index in [2.05, 4.69) is 28.9 Å². The lowest BCUT2D eigenvalue weighted by Gasteiger charge is -2.38. The Morgan fingerprint density at radius 3 is 3.05 bits per heavy atom. The van der Waals surface area contributed by atoms with Gasteiger partial charge in [-0.3, -0.25) is 9.80 Å². The predicted octanol–water partition coefficient (Wildman–Crippen LogP) is 1.81. The molecular weight excluding hydrogens is 236 g/mol. The molecule has 2 aliphatic heterocycles. The Morgan fingerprint density at radius 2 is 2.21 bits per heavy atom. The van der Waals surface area contributed by atoms with Crippen LogP contribution in [0.1, 0.15) is 30.1 Å². The Labute approximate surface area is 115 Å². The molecule has 0 amide bonds. The zero-order chi connectivity index (χ0) is 13.2. The first kappa shape index (κ1) is 13.1. The minimum absolute atomic E-state index is 0.354. The summed E-state index contributed by atoms with van der Waals surface area (Å²) in [5, 5.41) is 10.4. The molecule has 0 saturated carbocycles. The molecule has 1 aromatic rings. The summed E-state index contributed by atoms with van der Waals surface area (Å²) in [5.41, 5.74) is 2.27. The fourth-order valence-corrected chi connectivity index (χ4v) is 3.45. The standard InChI is InChI=1S/C16H24N2O/c1-13-4-2-5-14(10-13)16(19)12-17-8-9-18-7-3-6-15(18)11-17/h2,4-5,10,15-16,19H,3,6-9,11-12H2,1H3. The van der Waals surface area contributed by atoms with Gasteiger partial charge in [0.25, 0.3) is 0 Å². The first-order chi connectivity index (χ1) is 9.22. The Balaban J connectivity index is 1.59. The molecule has 0 aliphatic carbocycles. The zero-order valence-electron chi connectivity index (χ0n) is 11.8. The van der Waals surface area contributed by atoms with Gasteiger partial charge in [-0.15, -0.1) is 0 Å². The molecule has 2 aliphatic rings. The van der Waals surface area contributed by atoms with Crippen molar-refractivity contribution >= 4 is 0 Å². The predicted molar refractivity (Wildman–Crippen MR) is 77.2 cm³/mol. The number of piperazine rings is 1. The highest BCUT2D eigenvalue weighted by atomic mass is 16.3. The smallest absolute Gasteiger partial charge is 0.0917 e. The number of nitrogens with zero attached hydrogens (tertiary/aromatic N) is 2. The van der Waals surface area contributed by atoms with Gasteiger partial charge in [0.1, 0.15) is 0 Å². The fourth-order valence-electron chi connectivity index (χ4n) is 3.45. The number of hydrogen-bond acceptors (Lipinski definition) is 3. The van der Waals surface area contributed by atoms with E-state index in [1.807, 2.05) is 12.1 Å². The Hall–Kier alpha value is -0.900. The molecule has 3 rings (SSSR count). The molecule has 2 fully saturated rings. The van der Waals surface area contributed by atoms with E-state index >= 15 is 0 Å². The van der Waals surface area contributed by atoms with Crippen molar-refractivity contribution < 1.29 is 5.11 Å². The molecule has 3 heteroatoms. The van der Waals surface area contributed by atoms with Crippen molar-refractivity contribution in [2.45, 2.75) is 31.9 Å². The third-order valence-electron chi connectivity index (χ3n) is 4.53. The van der Waals surface area contributed by atoms with Gasteiger partial charge in [0.05, 0.1) is 6.10 Å². The van der Waals surface area contributed by atoms with E-state index in [0.717, 1.165) is 31.2 Å². The van der Waals surface area contributed by atoms with Crippen molar-refractivity contribution in [3.05, 3.63) is 35.4 Å². The molecule has 2 atom stereocenters. The average molecular weight is 260 g/mol. The number of benzene rings is 1. The second-order valence-electron chi connectivity index (χ2n) is 6.02. The van der Waals surface area contributed by atoms with Crippen LogP contribution < -0.4 is 0 Å². The van der Waals surface area contributed by atoms with Gasteiger partial charge in [-0.1, -0.05) is 29.8 Å². The quantitative estimate of drug-likeness (QED) is 0.898. The van der Waals surface area contributed by atoms with Crippen LogP contribution in [-0.2, 0) is 0 Å². The lowest BCUT2D eigenvalue weighted by Crippen LogP contribution is -2.50. The minimum atomic E-state index is -0.354. The minimum Gasteiger partial charge on any atom is -0.387 e. The monoisotopic (exact) mass is 260 g/mol. The Morgan fingerprint density at radius 1 is 1.32 bits per heavy atom. The van der Waals surface area contributed by atoms with Crippen molar-refractivity contribution in [2.24, 2.45) is 0 Å². The molecule has 0 spiro atoms. The number of hydrogen-bond donors (Lipinski definition) is 1. The SMILES string of the molecule is Cc1cccc(C(O)CN2CCN3CCCC3C2)c1. The molecule has 2 saturated heterocycles. The van der Waals surface area contributed by atoms with Crippen LogP contribution in [0.25, 0.3) is 0 Å². The summed E-state index contributed by atoms with van der Waals surface area (Å²) < 4.78 is 0. The molecular formula is C16H24N2O. The molecule has 0 aromatic heterocycles. The lowest BCUT2D eigenvalue weighted by atomic mass is 10.1. The van der Waals surface area contributed by atoms with E-state index in [0.29, 0.717) is 0 Å². The van der Waals surface area contributed by atoms with E-state index in [1.165, 1.54) is 31.5 Å². The summed E-state index contributed by atoms with van der Waals surface area (Å²) in [5.74, 6) is 0. The molecule has 1 aromatic carbocycles. The molecule has 1 N–H and O–H groups in total. The second kappa shape index (κ2) is 5.61. The van der Waals surface area contributed by atoms with Crippen molar-refractivity contribution in [1.82, 2.24) is 9.80 Å². The molecule has 0 radical (unpaired) electrons. The number of aryl methyl sites for hydroxylation is 1. The van der Waals surface area contributed by atoms with Crippen LogP contribution in [0.4, 0.5) is 0 Å². The maximum atomic E-state index is 10.4. The van der Waals surface area contributed by atoms with Crippen molar-refractivity contribution in [2.75, 3.05) is 32.7 Å². The molecule has 0 bridgehead atoms. The summed E-state index contributed by atoms with van der Waals surface area (Å²) in [7, 11) is 0. The second-order valence-corrected chi connectivity index (χ2v) is 6.02. The maximum Gasteiger partial charge on any atom is 0.0917 e. The largest absolute Gasteiger partial charge is 0.387 e. The summed E-state index contributed by atoms with van der Waals surface area (Å²) >= 11 is 0. The van der Waals surface area contributed by atoms with E-state index in [1.54, 1.807) is 0 Å². The van der Waals surface area contributed by atoms with Gasteiger partial charge < -0.3 is 5.11 Å². The number of aliphatic hydroxyl groups is 1. The third kappa shape index (κ3) is 2.99. The fraction of sp³-hybridized carbons (Fsp3) is 0.625. The van der Waals surface area contributed by atoms with Crippen LogP contribution in [0.3, 0.4) is 0 Å². The summed E-state index contributed by atoms with van der Waals surface area (Å²) in [6.07, 6.45) is 2.32. The highest BCUT2D eigenvalue weighted by molar-refractivity contribution is 5.24. The first-order valence-electron chi connectivity index (χ1n) is 7.43.